The first kappa shape index (κ1) is 23.1. The lowest BCUT2D eigenvalue weighted by atomic mass is 10.2. The van der Waals surface area contributed by atoms with Crippen LogP contribution in [-0.4, -0.2) is 54.1 Å². The zero-order valence-electron chi connectivity index (χ0n) is 19.6. The summed E-state index contributed by atoms with van der Waals surface area (Å²) in [6.45, 7) is 6.60. The van der Waals surface area contributed by atoms with E-state index in [1.54, 1.807) is 13.0 Å². The molecule has 2 aromatic carbocycles. The molecule has 5 rings (SSSR count). The third-order valence-electron chi connectivity index (χ3n) is 5.91. The Morgan fingerprint density at radius 2 is 1.77 bits per heavy atom. The van der Waals surface area contributed by atoms with Gasteiger partial charge in [-0.15, -0.1) is 11.3 Å². The second-order valence-corrected chi connectivity index (χ2v) is 9.38. The van der Waals surface area contributed by atoms with Crippen molar-refractivity contribution in [2.45, 2.75) is 20.0 Å². The van der Waals surface area contributed by atoms with Crippen LogP contribution in [0.5, 0.6) is 0 Å². The van der Waals surface area contributed by atoms with Gasteiger partial charge in [-0.1, -0.05) is 18.2 Å². The summed E-state index contributed by atoms with van der Waals surface area (Å²) >= 11 is 1.30. The van der Waals surface area contributed by atoms with Gasteiger partial charge in [-0.2, -0.15) is 5.10 Å². The molecule has 35 heavy (non-hydrogen) atoms. The van der Waals surface area contributed by atoms with Crippen LogP contribution in [0.25, 0.3) is 15.9 Å². The first-order valence-electron chi connectivity index (χ1n) is 11.5. The van der Waals surface area contributed by atoms with Crippen molar-refractivity contribution >= 4 is 44.8 Å². The van der Waals surface area contributed by atoms with E-state index in [2.05, 4.69) is 15.3 Å². The number of carbonyl (C=O) groups excluding carboxylic acids is 2. The molecule has 1 N–H and O–H groups in total. The normalized spacial score (nSPS) is 14.6. The van der Waals surface area contributed by atoms with Gasteiger partial charge >= 0.3 is 5.97 Å². The summed E-state index contributed by atoms with van der Waals surface area (Å²) in [5, 5.41) is 8.31. The molecular formula is C26H26N4O4S. The third-order valence-corrected chi connectivity index (χ3v) is 7.00. The average Bonchev–Trinajstić information content (AvgIpc) is 3.46. The number of aromatic nitrogens is 2. The molecule has 1 atom stereocenters. The molecule has 1 saturated heterocycles. The van der Waals surface area contributed by atoms with E-state index in [9.17, 15) is 9.59 Å². The minimum absolute atomic E-state index is 0.384. The van der Waals surface area contributed by atoms with Crippen molar-refractivity contribution in [2.75, 3.05) is 36.5 Å². The van der Waals surface area contributed by atoms with Gasteiger partial charge in [0.15, 0.2) is 6.10 Å². The van der Waals surface area contributed by atoms with E-state index in [4.69, 9.17) is 9.47 Å². The lowest BCUT2D eigenvalue weighted by Gasteiger charge is -2.28. The third kappa shape index (κ3) is 4.91. The number of ether oxygens (including phenoxy) is 2. The predicted molar refractivity (Wildman–Crippen MR) is 137 cm³/mol. The Kier molecular flexibility index (Phi) is 6.52. The molecule has 0 spiro atoms. The lowest BCUT2D eigenvalue weighted by molar-refractivity contribution is -0.123. The first-order chi connectivity index (χ1) is 17.0. The summed E-state index contributed by atoms with van der Waals surface area (Å²) in [6, 6.07) is 19.2. The molecule has 2 aromatic heterocycles. The number of carbonyl (C=O) groups is 2. The van der Waals surface area contributed by atoms with Crippen LogP contribution in [0.4, 0.5) is 11.4 Å². The molecule has 8 nitrogen and oxygen atoms in total. The maximum absolute atomic E-state index is 12.8. The summed E-state index contributed by atoms with van der Waals surface area (Å²) in [5.41, 5.74) is 3.47. The van der Waals surface area contributed by atoms with Crippen molar-refractivity contribution in [3.63, 3.8) is 0 Å². The largest absolute Gasteiger partial charge is 0.448 e. The summed E-state index contributed by atoms with van der Waals surface area (Å²) in [4.78, 5) is 29.0. The molecule has 1 aliphatic rings. The van der Waals surface area contributed by atoms with E-state index in [-0.39, 0.29) is 5.91 Å². The molecule has 1 amide bonds. The molecular weight excluding hydrogens is 464 g/mol. The molecule has 4 aromatic rings. The number of thiophene rings is 1. The van der Waals surface area contributed by atoms with Gasteiger partial charge in [0, 0.05) is 29.9 Å². The van der Waals surface area contributed by atoms with Gasteiger partial charge in [-0.25, -0.2) is 9.48 Å². The fourth-order valence-electron chi connectivity index (χ4n) is 3.99. The highest BCUT2D eigenvalue weighted by Crippen LogP contribution is 2.31. The van der Waals surface area contributed by atoms with Crippen LogP contribution in [0.2, 0.25) is 0 Å². The van der Waals surface area contributed by atoms with Crippen molar-refractivity contribution in [1.29, 1.82) is 0 Å². The van der Waals surface area contributed by atoms with Crippen molar-refractivity contribution in [3.8, 4) is 5.69 Å². The number of nitrogens with zero attached hydrogens (tertiary/aromatic N) is 3. The number of fused-ring (bicyclic) bond motifs is 1. The number of anilines is 2. The Morgan fingerprint density at radius 3 is 2.49 bits per heavy atom. The Labute approximate surface area is 207 Å². The topological polar surface area (TPSA) is 85.7 Å². The molecule has 0 bridgehead atoms. The zero-order valence-corrected chi connectivity index (χ0v) is 20.4. The van der Waals surface area contributed by atoms with Crippen LogP contribution in [-0.2, 0) is 14.3 Å². The number of para-hydroxylation sites is 1. The fraction of sp³-hybridized carbons (Fsp3) is 0.269. The lowest BCUT2D eigenvalue weighted by Crippen LogP contribution is -2.36. The molecule has 1 aliphatic heterocycles. The van der Waals surface area contributed by atoms with Crippen molar-refractivity contribution < 1.29 is 19.1 Å². The van der Waals surface area contributed by atoms with Crippen LogP contribution < -0.4 is 10.2 Å². The zero-order chi connectivity index (χ0) is 24.4. The van der Waals surface area contributed by atoms with Gasteiger partial charge in [-0.3, -0.25) is 4.79 Å². The molecule has 0 unspecified atom stereocenters. The van der Waals surface area contributed by atoms with Gasteiger partial charge in [-0.05, 0) is 56.3 Å². The van der Waals surface area contributed by atoms with Crippen molar-refractivity contribution in [1.82, 2.24) is 9.78 Å². The Bertz CT molecular complexity index is 1340. The van der Waals surface area contributed by atoms with Gasteiger partial charge in [0.2, 0.25) is 0 Å². The number of amides is 1. The van der Waals surface area contributed by atoms with E-state index >= 15 is 0 Å². The molecule has 0 saturated carbocycles. The predicted octanol–water partition coefficient (Wildman–Crippen LogP) is 4.42. The number of nitrogens with one attached hydrogen (secondary N) is 1. The van der Waals surface area contributed by atoms with Crippen LogP contribution in [0.3, 0.4) is 0 Å². The number of rotatable bonds is 6. The SMILES string of the molecule is Cc1nn(-c2ccccc2)c2sc(C(=O)O[C@H](C)C(=O)Nc3ccc(N4CCOCC4)cc3)cc12. The number of aryl methyl sites for hydroxylation is 1. The van der Waals surface area contributed by atoms with Crippen LogP contribution in [0.15, 0.2) is 60.7 Å². The van der Waals surface area contributed by atoms with Gasteiger partial charge in [0.25, 0.3) is 5.91 Å². The van der Waals surface area contributed by atoms with Crippen molar-refractivity contribution in [2.24, 2.45) is 0 Å². The smallest absolute Gasteiger partial charge is 0.349 e. The number of benzene rings is 2. The summed E-state index contributed by atoms with van der Waals surface area (Å²) in [5.74, 6) is -0.916. The highest BCUT2D eigenvalue weighted by molar-refractivity contribution is 7.20. The summed E-state index contributed by atoms with van der Waals surface area (Å²) in [7, 11) is 0. The highest BCUT2D eigenvalue weighted by atomic mass is 32.1. The maximum Gasteiger partial charge on any atom is 0.349 e. The van der Waals surface area contributed by atoms with E-state index in [1.165, 1.54) is 11.3 Å². The van der Waals surface area contributed by atoms with Gasteiger partial charge in [0.1, 0.15) is 9.71 Å². The van der Waals surface area contributed by atoms with E-state index in [0.717, 1.165) is 40.4 Å². The maximum atomic E-state index is 12.8. The highest BCUT2D eigenvalue weighted by Gasteiger charge is 2.23. The molecule has 1 fully saturated rings. The minimum atomic E-state index is -0.946. The Balaban J connectivity index is 1.24. The van der Waals surface area contributed by atoms with E-state index in [1.807, 2.05) is 66.2 Å². The van der Waals surface area contributed by atoms with Gasteiger partial charge < -0.3 is 19.7 Å². The van der Waals surface area contributed by atoms with Crippen LogP contribution >= 0.6 is 11.3 Å². The first-order valence-corrected chi connectivity index (χ1v) is 12.3. The molecule has 0 radical (unpaired) electrons. The van der Waals surface area contributed by atoms with Gasteiger partial charge in [0.05, 0.1) is 24.6 Å². The Morgan fingerprint density at radius 1 is 1.06 bits per heavy atom. The molecule has 3 heterocycles. The molecule has 9 heteroatoms. The quantitative estimate of drug-likeness (QED) is 0.403. The number of hydrogen-bond acceptors (Lipinski definition) is 7. The molecule has 180 valence electrons. The standard InChI is InChI=1S/C26H26N4O4S/c1-17-22-16-23(35-25(22)30(28-17)21-6-4-3-5-7-21)26(32)34-18(2)24(31)27-19-8-10-20(11-9-19)29-12-14-33-15-13-29/h3-11,16,18H,12-15H2,1-2H3,(H,27,31)/t18-/m1/s1. The monoisotopic (exact) mass is 490 g/mol. The number of hydrogen-bond donors (Lipinski definition) is 1. The van der Waals surface area contributed by atoms with Crippen LogP contribution in [0, 0.1) is 6.92 Å². The minimum Gasteiger partial charge on any atom is -0.448 e. The second kappa shape index (κ2) is 9.89. The van der Waals surface area contributed by atoms with Crippen molar-refractivity contribution in [3.05, 3.63) is 71.2 Å². The van der Waals surface area contributed by atoms with Crippen LogP contribution in [0.1, 0.15) is 22.3 Å². The summed E-state index contributed by atoms with van der Waals surface area (Å²) < 4.78 is 12.7. The average molecular weight is 491 g/mol. The number of esters is 1. The number of morpholine rings is 1. The van der Waals surface area contributed by atoms with E-state index < -0.39 is 12.1 Å². The fourth-order valence-corrected chi connectivity index (χ4v) is 5.05. The Hall–Kier alpha value is -3.69. The second-order valence-electron chi connectivity index (χ2n) is 8.35. The summed E-state index contributed by atoms with van der Waals surface area (Å²) in [6.07, 6.45) is -0.946. The molecule has 0 aliphatic carbocycles. The van der Waals surface area contributed by atoms with E-state index in [0.29, 0.717) is 23.8 Å².